The Morgan fingerprint density at radius 2 is 0.947 bits per heavy atom. The number of methoxy groups -OCH3 is 2. The molecule has 6 rings (SSSR count). The zero-order valence-corrected chi connectivity index (χ0v) is 44.5. The molecule has 0 spiro atoms. The first-order chi connectivity index (χ1) is 35.6. The van der Waals surface area contributed by atoms with Gasteiger partial charge >= 0.3 is 12.2 Å². The number of nitro benzene ring substituents is 2. The number of amides is 6. The standard InChI is InChI=1S/C54H62N8O12S/c1-33(2)37-15-11-13-17-39(37)47-35(21-25-45(63)57-27-29-59(53(67)73-9)41(31-57)51(65)55(5)6)19-23-43(49(47)61(69)70)75-44-24-20-36(48(50(44)62(71)72)40-18-14-12-16-38(40)34(3)4)22-26-46(64)58-28-30-60(54(68)74-10)42(32-58)52(66)56(7)8/h11-26,33-34,41-42H,27-32H2,1-10H3/b25-21+,26-22+. The summed E-state index contributed by atoms with van der Waals surface area (Å²) >= 11 is 0.836. The van der Waals surface area contributed by atoms with Gasteiger partial charge in [0.05, 0.1) is 58.1 Å². The Morgan fingerprint density at radius 3 is 1.27 bits per heavy atom. The number of rotatable bonds is 14. The van der Waals surface area contributed by atoms with Gasteiger partial charge in [0.2, 0.25) is 23.6 Å². The van der Waals surface area contributed by atoms with Crippen LogP contribution in [0.2, 0.25) is 0 Å². The predicted octanol–water partition coefficient (Wildman–Crippen LogP) is 8.00. The Balaban J connectivity index is 1.47. The van der Waals surface area contributed by atoms with Gasteiger partial charge in [-0.1, -0.05) is 100 Å². The van der Waals surface area contributed by atoms with E-state index in [1.807, 2.05) is 52.0 Å². The van der Waals surface area contributed by atoms with Crippen LogP contribution in [0.1, 0.15) is 61.8 Å². The van der Waals surface area contributed by atoms with Crippen LogP contribution in [0, 0.1) is 20.2 Å². The normalized spacial score (nSPS) is 15.9. The molecule has 2 atom stereocenters. The van der Waals surface area contributed by atoms with Crippen molar-refractivity contribution in [3.8, 4) is 22.3 Å². The smallest absolute Gasteiger partial charge is 0.410 e. The predicted molar refractivity (Wildman–Crippen MR) is 284 cm³/mol. The second-order valence-electron chi connectivity index (χ2n) is 18.9. The number of ether oxygens (including phenoxy) is 2. The van der Waals surface area contributed by atoms with E-state index < -0.39 is 57.7 Å². The number of piperazine rings is 2. The van der Waals surface area contributed by atoms with E-state index in [1.165, 1.54) is 80.1 Å². The van der Waals surface area contributed by atoms with Crippen LogP contribution in [0.4, 0.5) is 21.0 Å². The molecule has 6 amide bonds. The average Bonchev–Trinajstić information content (AvgIpc) is 3.40. The molecule has 75 heavy (non-hydrogen) atoms. The third-order valence-corrected chi connectivity index (χ3v) is 14.2. The first kappa shape index (κ1) is 56.2. The molecular formula is C54H62N8O12S. The van der Waals surface area contributed by atoms with Gasteiger partial charge in [0.25, 0.3) is 11.4 Å². The first-order valence-electron chi connectivity index (χ1n) is 24.2. The van der Waals surface area contributed by atoms with Crippen molar-refractivity contribution in [2.45, 2.75) is 61.4 Å². The van der Waals surface area contributed by atoms with Crippen molar-refractivity contribution in [2.75, 3.05) is 81.7 Å². The van der Waals surface area contributed by atoms with Gasteiger partial charge in [-0.05, 0) is 69.5 Å². The van der Waals surface area contributed by atoms with Crippen molar-refractivity contribution in [3.63, 3.8) is 0 Å². The van der Waals surface area contributed by atoms with Crippen molar-refractivity contribution < 1.29 is 48.1 Å². The van der Waals surface area contributed by atoms with Gasteiger partial charge in [0.15, 0.2) is 0 Å². The molecule has 2 saturated heterocycles. The highest BCUT2D eigenvalue weighted by Crippen LogP contribution is 2.50. The Labute approximate surface area is 439 Å². The summed E-state index contributed by atoms with van der Waals surface area (Å²) in [5.41, 5.74) is 2.76. The molecule has 4 aromatic rings. The molecule has 0 N–H and O–H groups in total. The van der Waals surface area contributed by atoms with Crippen LogP contribution in [0.25, 0.3) is 34.4 Å². The maximum Gasteiger partial charge on any atom is 0.410 e. The van der Waals surface area contributed by atoms with Gasteiger partial charge in [0, 0.05) is 66.5 Å². The van der Waals surface area contributed by atoms with E-state index in [0.29, 0.717) is 22.3 Å². The zero-order valence-electron chi connectivity index (χ0n) is 43.7. The molecule has 2 aliphatic heterocycles. The number of carbonyl (C=O) groups excluding carboxylic acids is 6. The van der Waals surface area contributed by atoms with Gasteiger partial charge in [-0.15, -0.1) is 0 Å². The number of hydrogen-bond donors (Lipinski definition) is 0. The topological polar surface area (TPSA) is 227 Å². The second kappa shape index (κ2) is 24.3. The SMILES string of the molecule is COC(=O)N1CCN(C(=O)/C=C/c2ccc(Sc3ccc(/C=C/C(=O)N4CCN(C(=O)OC)C(C(=O)N(C)C)C4)c(-c4ccccc4C(C)C)c3[N+](=O)[O-])c([N+](=O)[O-])c2-c2ccccc2C(C)C)CC1C(=O)N(C)C. The third kappa shape index (κ3) is 12.3. The Kier molecular flexibility index (Phi) is 18.2. The van der Waals surface area contributed by atoms with E-state index in [0.717, 1.165) is 22.9 Å². The van der Waals surface area contributed by atoms with E-state index >= 15 is 0 Å². The number of hydrogen-bond acceptors (Lipinski definition) is 13. The highest BCUT2D eigenvalue weighted by atomic mass is 32.2. The van der Waals surface area contributed by atoms with Crippen LogP contribution in [0.5, 0.6) is 0 Å². The van der Waals surface area contributed by atoms with Crippen LogP contribution >= 0.6 is 11.8 Å². The molecule has 0 saturated carbocycles. The maximum atomic E-state index is 13.9. The summed E-state index contributed by atoms with van der Waals surface area (Å²) in [6.07, 6.45) is 4.05. The maximum absolute atomic E-state index is 13.9. The molecule has 4 aromatic carbocycles. The van der Waals surface area contributed by atoms with Crippen molar-refractivity contribution in [1.82, 2.24) is 29.4 Å². The van der Waals surface area contributed by atoms with Crippen molar-refractivity contribution in [3.05, 3.63) is 127 Å². The van der Waals surface area contributed by atoms with E-state index in [9.17, 15) is 49.0 Å². The van der Waals surface area contributed by atoms with Crippen LogP contribution in [-0.4, -0.2) is 169 Å². The monoisotopic (exact) mass is 1050 g/mol. The molecule has 0 bridgehead atoms. The Bertz CT molecular complexity index is 2760. The summed E-state index contributed by atoms with van der Waals surface area (Å²) in [6.45, 7) is 7.72. The molecule has 2 heterocycles. The quantitative estimate of drug-likeness (QED) is 0.0664. The van der Waals surface area contributed by atoms with Crippen molar-refractivity contribution in [2.24, 2.45) is 0 Å². The van der Waals surface area contributed by atoms with Gasteiger partial charge in [0.1, 0.15) is 12.1 Å². The minimum absolute atomic E-state index is 0.0192. The fraction of sp³-hybridized carbons (Fsp3) is 0.370. The molecular weight excluding hydrogens is 985 g/mol. The molecule has 0 aromatic heterocycles. The molecule has 2 aliphatic rings. The van der Waals surface area contributed by atoms with Gasteiger partial charge in [-0.2, -0.15) is 0 Å². The lowest BCUT2D eigenvalue weighted by Crippen LogP contribution is -2.61. The zero-order chi connectivity index (χ0) is 55.0. The van der Waals surface area contributed by atoms with Crippen LogP contribution < -0.4 is 0 Å². The van der Waals surface area contributed by atoms with Gasteiger partial charge in [-0.25, -0.2) is 9.59 Å². The Morgan fingerprint density at radius 1 is 0.587 bits per heavy atom. The second-order valence-corrected chi connectivity index (χ2v) is 20.0. The summed E-state index contributed by atoms with van der Waals surface area (Å²) in [7, 11) is 8.57. The number of nitro groups is 2. The molecule has 396 valence electrons. The summed E-state index contributed by atoms with van der Waals surface area (Å²) in [5, 5.41) is 27.2. The number of benzene rings is 4. The van der Waals surface area contributed by atoms with Crippen LogP contribution in [0.15, 0.2) is 94.7 Å². The number of likely N-dealkylation sites (N-methyl/N-ethyl adjacent to an activating group) is 2. The molecule has 20 nitrogen and oxygen atoms in total. The Hall–Kier alpha value is -8.07. The van der Waals surface area contributed by atoms with E-state index in [1.54, 1.807) is 64.6 Å². The molecule has 2 fully saturated rings. The highest BCUT2D eigenvalue weighted by molar-refractivity contribution is 7.99. The van der Waals surface area contributed by atoms with E-state index in [-0.39, 0.29) is 83.4 Å². The average molecular weight is 1050 g/mol. The largest absolute Gasteiger partial charge is 0.453 e. The lowest BCUT2D eigenvalue weighted by molar-refractivity contribution is -0.387. The molecule has 2 unspecified atom stereocenters. The summed E-state index contributed by atoms with van der Waals surface area (Å²) < 4.78 is 9.81. The van der Waals surface area contributed by atoms with Gasteiger partial charge in [-0.3, -0.25) is 49.2 Å². The minimum Gasteiger partial charge on any atom is -0.453 e. The number of carbonyl (C=O) groups is 6. The summed E-state index contributed by atoms with van der Waals surface area (Å²) in [4.78, 5) is 114. The first-order valence-corrected chi connectivity index (χ1v) is 25.0. The molecule has 21 heteroatoms. The molecule has 0 radical (unpaired) electrons. The minimum atomic E-state index is -1.02. The summed E-state index contributed by atoms with van der Waals surface area (Å²) in [5.74, 6) is -2.06. The lowest BCUT2D eigenvalue weighted by Gasteiger charge is -2.40. The fourth-order valence-electron chi connectivity index (χ4n) is 9.31. The summed E-state index contributed by atoms with van der Waals surface area (Å²) in [6, 6.07) is 18.5. The van der Waals surface area contributed by atoms with E-state index in [4.69, 9.17) is 9.47 Å². The van der Waals surface area contributed by atoms with Crippen LogP contribution in [0.3, 0.4) is 0 Å². The third-order valence-electron chi connectivity index (χ3n) is 13.1. The fourth-order valence-corrected chi connectivity index (χ4v) is 10.4. The van der Waals surface area contributed by atoms with Crippen molar-refractivity contribution >= 4 is 71.1 Å². The number of nitrogens with zero attached hydrogens (tertiary/aromatic N) is 8. The lowest BCUT2D eigenvalue weighted by atomic mass is 9.89. The highest BCUT2D eigenvalue weighted by Gasteiger charge is 2.40. The van der Waals surface area contributed by atoms with Crippen LogP contribution in [-0.2, 0) is 28.7 Å². The van der Waals surface area contributed by atoms with Gasteiger partial charge < -0.3 is 29.1 Å². The van der Waals surface area contributed by atoms with E-state index in [2.05, 4.69) is 0 Å². The molecule has 0 aliphatic carbocycles. The van der Waals surface area contributed by atoms with Crippen molar-refractivity contribution in [1.29, 1.82) is 0 Å².